The van der Waals surface area contributed by atoms with Crippen LogP contribution in [0.1, 0.15) is 17.5 Å². The average molecular weight is 412 g/mol. The molecule has 0 aromatic heterocycles. The fourth-order valence-corrected chi connectivity index (χ4v) is 4.18. The van der Waals surface area contributed by atoms with Crippen LogP contribution in [-0.4, -0.2) is 14.3 Å². The molecule has 0 radical (unpaired) electrons. The summed E-state index contributed by atoms with van der Waals surface area (Å²) in [7, 11) is -4.02. The van der Waals surface area contributed by atoms with Crippen LogP contribution in [-0.2, 0) is 21.2 Å². The largest absolute Gasteiger partial charge is 0.326 e. The number of aryl methyl sites for hydroxylation is 2. The molecular weight excluding hydrogens is 391 g/mol. The topological polar surface area (TPSA) is 75.3 Å². The van der Waals surface area contributed by atoms with Gasteiger partial charge in [-0.1, -0.05) is 48.5 Å². The van der Waals surface area contributed by atoms with Crippen LogP contribution in [0.15, 0.2) is 77.7 Å². The molecule has 0 unspecified atom stereocenters. The van der Waals surface area contributed by atoms with E-state index in [1.807, 2.05) is 30.3 Å². The van der Waals surface area contributed by atoms with Crippen LogP contribution in [0.3, 0.4) is 0 Å². The molecule has 0 saturated carbocycles. The maximum Gasteiger partial charge on any atom is 0.262 e. The first-order valence-corrected chi connectivity index (χ1v) is 10.6. The summed E-state index contributed by atoms with van der Waals surface area (Å²) in [4.78, 5) is 12.2. The fourth-order valence-electron chi connectivity index (χ4n) is 2.84. The minimum Gasteiger partial charge on any atom is -0.326 e. The van der Waals surface area contributed by atoms with E-state index in [0.29, 0.717) is 17.7 Å². The van der Waals surface area contributed by atoms with Gasteiger partial charge in [0, 0.05) is 12.1 Å². The van der Waals surface area contributed by atoms with E-state index in [9.17, 15) is 17.6 Å². The van der Waals surface area contributed by atoms with Crippen LogP contribution >= 0.6 is 0 Å². The Morgan fingerprint density at radius 2 is 1.66 bits per heavy atom. The molecule has 3 aromatic rings. The number of benzene rings is 3. The maximum atomic E-state index is 13.8. The SMILES string of the molecule is Cc1ccc(NC(=O)CCc2ccccc2)cc1S(=O)(=O)Nc1ccccc1F. The first-order valence-electron chi connectivity index (χ1n) is 9.07. The molecule has 0 bridgehead atoms. The fraction of sp³-hybridized carbons (Fsp3) is 0.136. The molecule has 0 atom stereocenters. The first-order chi connectivity index (χ1) is 13.8. The second-order valence-electron chi connectivity index (χ2n) is 6.60. The van der Waals surface area contributed by atoms with Crippen molar-refractivity contribution in [3.63, 3.8) is 0 Å². The van der Waals surface area contributed by atoms with Gasteiger partial charge in [-0.3, -0.25) is 9.52 Å². The van der Waals surface area contributed by atoms with E-state index in [2.05, 4.69) is 10.0 Å². The number of carbonyl (C=O) groups is 1. The van der Waals surface area contributed by atoms with Crippen molar-refractivity contribution in [3.05, 3.63) is 89.7 Å². The zero-order chi connectivity index (χ0) is 20.9. The summed E-state index contributed by atoms with van der Waals surface area (Å²) in [6, 6.07) is 19.8. The Balaban J connectivity index is 1.73. The summed E-state index contributed by atoms with van der Waals surface area (Å²) < 4.78 is 41.5. The van der Waals surface area contributed by atoms with Gasteiger partial charge in [0.1, 0.15) is 5.82 Å². The summed E-state index contributed by atoms with van der Waals surface area (Å²) >= 11 is 0. The molecule has 1 amide bonds. The normalized spacial score (nSPS) is 11.1. The van der Waals surface area contributed by atoms with E-state index in [1.54, 1.807) is 19.1 Å². The summed E-state index contributed by atoms with van der Waals surface area (Å²) in [5, 5.41) is 2.72. The second-order valence-corrected chi connectivity index (χ2v) is 8.25. The molecule has 150 valence electrons. The monoisotopic (exact) mass is 412 g/mol. The van der Waals surface area contributed by atoms with Gasteiger partial charge in [-0.25, -0.2) is 12.8 Å². The highest BCUT2D eigenvalue weighted by atomic mass is 32.2. The minimum absolute atomic E-state index is 0.0263. The van der Waals surface area contributed by atoms with Gasteiger partial charge in [-0.15, -0.1) is 0 Å². The lowest BCUT2D eigenvalue weighted by Crippen LogP contribution is -2.17. The number of carbonyl (C=O) groups excluding carboxylic acids is 1. The van der Waals surface area contributed by atoms with Crippen molar-refractivity contribution < 1.29 is 17.6 Å². The van der Waals surface area contributed by atoms with E-state index in [4.69, 9.17) is 0 Å². The number of anilines is 2. The molecule has 3 rings (SSSR count). The molecule has 0 fully saturated rings. The second kappa shape index (κ2) is 8.87. The summed E-state index contributed by atoms with van der Waals surface area (Å²) in [6.07, 6.45) is 0.853. The Bertz CT molecular complexity index is 1120. The van der Waals surface area contributed by atoms with Gasteiger partial charge in [0.15, 0.2) is 0 Å². The molecule has 7 heteroatoms. The van der Waals surface area contributed by atoms with Gasteiger partial charge in [-0.05, 0) is 48.7 Å². The van der Waals surface area contributed by atoms with Crippen LogP contribution in [0.5, 0.6) is 0 Å². The van der Waals surface area contributed by atoms with E-state index in [0.717, 1.165) is 5.56 Å². The summed E-state index contributed by atoms with van der Waals surface area (Å²) in [5.41, 5.74) is 1.76. The third kappa shape index (κ3) is 5.42. The number of hydrogen-bond donors (Lipinski definition) is 2. The van der Waals surface area contributed by atoms with Gasteiger partial charge in [0.05, 0.1) is 10.6 Å². The van der Waals surface area contributed by atoms with Crippen LogP contribution in [0.2, 0.25) is 0 Å². The van der Waals surface area contributed by atoms with Gasteiger partial charge in [0.25, 0.3) is 10.0 Å². The Kier molecular flexibility index (Phi) is 6.29. The number of para-hydroxylation sites is 1. The number of halogens is 1. The van der Waals surface area contributed by atoms with E-state index >= 15 is 0 Å². The molecule has 0 heterocycles. The van der Waals surface area contributed by atoms with E-state index in [1.165, 1.54) is 30.3 Å². The van der Waals surface area contributed by atoms with Crippen molar-refractivity contribution in [2.24, 2.45) is 0 Å². The number of sulfonamides is 1. The van der Waals surface area contributed by atoms with Crippen molar-refractivity contribution in [3.8, 4) is 0 Å². The lowest BCUT2D eigenvalue weighted by Gasteiger charge is -2.13. The van der Waals surface area contributed by atoms with Gasteiger partial charge < -0.3 is 5.32 Å². The van der Waals surface area contributed by atoms with Crippen molar-refractivity contribution in [1.29, 1.82) is 0 Å². The van der Waals surface area contributed by atoms with Gasteiger partial charge in [-0.2, -0.15) is 0 Å². The summed E-state index contributed by atoms with van der Waals surface area (Å²) in [6.45, 7) is 1.64. The average Bonchev–Trinajstić information content (AvgIpc) is 2.70. The van der Waals surface area contributed by atoms with Crippen molar-refractivity contribution in [1.82, 2.24) is 0 Å². The van der Waals surface area contributed by atoms with Crippen LogP contribution < -0.4 is 10.0 Å². The van der Waals surface area contributed by atoms with E-state index in [-0.39, 0.29) is 22.9 Å². The van der Waals surface area contributed by atoms with Crippen molar-refractivity contribution in [2.75, 3.05) is 10.0 Å². The molecule has 0 aliphatic heterocycles. The smallest absolute Gasteiger partial charge is 0.262 e. The first kappa shape index (κ1) is 20.5. The lowest BCUT2D eigenvalue weighted by atomic mass is 10.1. The third-order valence-corrected chi connectivity index (χ3v) is 5.87. The molecule has 0 aliphatic rings. The Labute approximate surface area is 169 Å². The number of amides is 1. The van der Waals surface area contributed by atoms with Gasteiger partial charge in [0.2, 0.25) is 5.91 Å². The Morgan fingerprint density at radius 3 is 2.38 bits per heavy atom. The Hall–Kier alpha value is -3.19. The van der Waals surface area contributed by atoms with Crippen LogP contribution in [0.4, 0.5) is 15.8 Å². The molecule has 0 aliphatic carbocycles. The highest BCUT2D eigenvalue weighted by molar-refractivity contribution is 7.92. The summed E-state index contributed by atoms with van der Waals surface area (Å²) in [5.74, 6) is -0.887. The highest BCUT2D eigenvalue weighted by Crippen LogP contribution is 2.24. The molecular formula is C22H21FN2O3S. The van der Waals surface area contributed by atoms with E-state index < -0.39 is 15.8 Å². The zero-order valence-electron chi connectivity index (χ0n) is 15.9. The highest BCUT2D eigenvalue weighted by Gasteiger charge is 2.19. The van der Waals surface area contributed by atoms with Crippen molar-refractivity contribution >= 4 is 27.3 Å². The molecule has 5 nitrogen and oxygen atoms in total. The number of hydrogen-bond acceptors (Lipinski definition) is 3. The van der Waals surface area contributed by atoms with Crippen LogP contribution in [0, 0.1) is 12.7 Å². The molecule has 0 spiro atoms. The standard InChI is InChI=1S/C22H21FN2O3S/c1-16-11-13-18(24-22(26)14-12-17-7-3-2-4-8-17)15-21(16)29(27,28)25-20-10-6-5-9-19(20)23/h2-11,13,15,25H,12,14H2,1H3,(H,24,26). The predicted octanol–water partition coefficient (Wildman–Crippen LogP) is 4.51. The maximum absolute atomic E-state index is 13.8. The Morgan fingerprint density at radius 1 is 0.966 bits per heavy atom. The number of rotatable bonds is 7. The number of nitrogens with one attached hydrogen (secondary N) is 2. The molecule has 0 saturated heterocycles. The van der Waals surface area contributed by atoms with Gasteiger partial charge >= 0.3 is 0 Å². The quantitative estimate of drug-likeness (QED) is 0.600. The zero-order valence-corrected chi connectivity index (χ0v) is 16.7. The lowest BCUT2D eigenvalue weighted by molar-refractivity contribution is -0.116. The van der Waals surface area contributed by atoms with Crippen LogP contribution in [0.25, 0.3) is 0 Å². The minimum atomic E-state index is -4.02. The molecule has 2 N–H and O–H groups in total. The van der Waals surface area contributed by atoms with Crippen molar-refractivity contribution in [2.45, 2.75) is 24.7 Å². The third-order valence-electron chi connectivity index (χ3n) is 4.36. The molecule has 3 aromatic carbocycles. The molecule has 29 heavy (non-hydrogen) atoms. The predicted molar refractivity (Wildman–Crippen MR) is 112 cm³/mol.